The number of ketones is 1. The lowest BCUT2D eigenvalue weighted by molar-refractivity contribution is 0.0994. The zero-order valence-electron chi connectivity index (χ0n) is 15.0. The average molecular weight is 447 g/mol. The van der Waals surface area contributed by atoms with Gasteiger partial charge in [-0.15, -0.1) is 0 Å². The molecule has 0 aliphatic rings. The lowest BCUT2D eigenvalue weighted by Crippen LogP contribution is -2.26. The number of carbonyl (C=O) groups is 1. The smallest absolute Gasteiger partial charge is 0.262 e. The van der Waals surface area contributed by atoms with E-state index in [0.29, 0.717) is 34.8 Å². The van der Waals surface area contributed by atoms with Crippen LogP contribution in [0.3, 0.4) is 0 Å². The van der Waals surface area contributed by atoms with Crippen molar-refractivity contribution in [2.45, 2.75) is 23.9 Å². The van der Waals surface area contributed by atoms with Gasteiger partial charge >= 0.3 is 0 Å². The summed E-state index contributed by atoms with van der Waals surface area (Å²) in [5.74, 6) is -0.00630. The van der Waals surface area contributed by atoms with Gasteiger partial charge in [-0.1, -0.05) is 52.0 Å². The molecule has 3 aromatic rings. The molecule has 0 N–H and O–H groups in total. The first-order chi connectivity index (χ1) is 13.0. The van der Waals surface area contributed by atoms with Crippen LogP contribution in [0.25, 0.3) is 10.9 Å². The summed E-state index contributed by atoms with van der Waals surface area (Å²) in [6.45, 7) is 2.61. The van der Waals surface area contributed by atoms with Gasteiger partial charge in [0.15, 0.2) is 10.9 Å². The number of thioether (sulfide) groups is 1. The van der Waals surface area contributed by atoms with E-state index in [9.17, 15) is 9.59 Å². The fourth-order valence-electron chi connectivity index (χ4n) is 2.68. The maximum atomic E-state index is 12.9. The molecule has 0 amide bonds. The van der Waals surface area contributed by atoms with Crippen molar-refractivity contribution < 1.29 is 9.53 Å². The van der Waals surface area contributed by atoms with Crippen molar-refractivity contribution in [2.75, 3.05) is 13.7 Å². The molecular formula is C20H19BrN2O3S. The average Bonchev–Trinajstić information content (AvgIpc) is 2.68. The number of nitrogens with zero attached hydrogens (tertiary/aromatic N) is 2. The van der Waals surface area contributed by atoms with Gasteiger partial charge in [0.2, 0.25) is 0 Å². The van der Waals surface area contributed by atoms with Crippen LogP contribution in [-0.4, -0.2) is 34.3 Å². The summed E-state index contributed by atoms with van der Waals surface area (Å²) >= 11 is 4.67. The molecule has 0 radical (unpaired) electrons. The number of para-hydroxylation sites is 1. The molecule has 0 unspecified atom stereocenters. The van der Waals surface area contributed by atoms with Crippen LogP contribution >= 0.6 is 27.7 Å². The summed E-state index contributed by atoms with van der Waals surface area (Å²) in [7, 11) is 1.59. The summed E-state index contributed by atoms with van der Waals surface area (Å²) in [5, 5.41) is 0.701. The highest BCUT2D eigenvalue weighted by atomic mass is 79.9. The van der Waals surface area contributed by atoms with Crippen LogP contribution in [0.1, 0.15) is 17.3 Å². The molecule has 2 aromatic carbocycles. The SMILES string of the molecule is COCCn1c(S[C@H](C)C(=O)c2ccc(Br)cc2)nc2ccccc2c1=O. The number of rotatable bonds is 7. The van der Waals surface area contributed by atoms with Gasteiger partial charge in [0.1, 0.15) is 0 Å². The van der Waals surface area contributed by atoms with Gasteiger partial charge in [0, 0.05) is 17.1 Å². The zero-order chi connectivity index (χ0) is 19.4. The van der Waals surface area contributed by atoms with Crippen molar-refractivity contribution in [1.29, 1.82) is 0 Å². The number of benzene rings is 2. The zero-order valence-corrected chi connectivity index (χ0v) is 17.4. The topological polar surface area (TPSA) is 61.2 Å². The standard InChI is InChI=1S/C20H19BrN2O3S/c1-13(18(24)14-7-9-15(21)10-8-14)27-20-22-17-6-4-3-5-16(17)19(25)23(20)11-12-26-2/h3-10,13H,11-12H2,1-2H3/t13-/m1/s1. The lowest BCUT2D eigenvalue weighted by Gasteiger charge is -2.15. The maximum Gasteiger partial charge on any atom is 0.262 e. The largest absolute Gasteiger partial charge is 0.383 e. The fourth-order valence-corrected chi connectivity index (χ4v) is 3.95. The molecule has 5 nitrogen and oxygen atoms in total. The van der Waals surface area contributed by atoms with Gasteiger partial charge in [-0.2, -0.15) is 0 Å². The quantitative estimate of drug-likeness (QED) is 0.309. The molecule has 1 heterocycles. The summed E-state index contributed by atoms with van der Waals surface area (Å²) < 4.78 is 7.64. The van der Waals surface area contributed by atoms with Crippen LogP contribution in [0.15, 0.2) is 63.0 Å². The Balaban J connectivity index is 1.95. The lowest BCUT2D eigenvalue weighted by atomic mass is 10.1. The van der Waals surface area contributed by atoms with Crippen molar-refractivity contribution >= 4 is 44.4 Å². The Kier molecular flexibility index (Phi) is 6.46. The summed E-state index contributed by atoms with van der Waals surface area (Å²) in [4.78, 5) is 30.3. The monoisotopic (exact) mass is 446 g/mol. The van der Waals surface area contributed by atoms with E-state index in [-0.39, 0.29) is 16.6 Å². The van der Waals surface area contributed by atoms with Gasteiger partial charge in [0.05, 0.1) is 29.3 Å². The molecule has 0 aliphatic heterocycles. The number of hydrogen-bond acceptors (Lipinski definition) is 5. The van der Waals surface area contributed by atoms with E-state index in [1.54, 1.807) is 29.9 Å². The van der Waals surface area contributed by atoms with Crippen molar-refractivity contribution in [3.63, 3.8) is 0 Å². The van der Waals surface area contributed by atoms with E-state index >= 15 is 0 Å². The molecule has 1 atom stereocenters. The third-order valence-electron chi connectivity index (χ3n) is 4.13. The maximum absolute atomic E-state index is 12.9. The molecule has 3 rings (SSSR count). The molecule has 0 saturated carbocycles. The second-order valence-electron chi connectivity index (χ2n) is 5.99. The van der Waals surface area contributed by atoms with E-state index in [1.165, 1.54) is 11.8 Å². The van der Waals surface area contributed by atoms with Gasteiger partial charge in [-0.3, -0.25) is 14.2 Å². The summed E-state index contributed by atoms with van der Waals surface area (Å²) in [5.41, 5.74) is 1.13. The molecule has 140 valence electrons. The van der Waals surface area contributed by atoms with Gasteiger partial charge in [0.25, 0.3) is 5.56 Å². The second kappa shape index (κ2) is 8.82. The third-order valence-corrected chi connectivity index (χ3v) is 5.74. The van der Waals surface area contributed by atoms with Crippen LogP contribution in [0.4, 0.5) is 0 Å². The number of carbonyl (C=O) groups excluding carboxylic acids is 1. The molecule has 0 bridgehead atoms. The van der Waals surface area contributed by atoms with Crippen LogP contribution in [0.2, 0.25) is 0 Å². The van der Waals surface area contributed by atoms with E-state index < -0.39 is 0 Å². The molecular weight excluding hydrogens is 428 g/mol. The van der Waals surface area contributed by atoms with Crippen molar-refractivity contribution in [3.05, 3.63) is 68.9 Å². The molecule has 0 fully saturated rings. The van der Waals surface area contributed by atoms with Gasteiger partial charge < -0.3 is 4.74 Å². The Bertz CT molecular complexity index is 1020. The van der Waals surface area contributed by atoms with Crippen molar-refractivity contribution in [2.24, 2.45) is 0 Å². The van der Waals surface area contributed by atoms with Crippen LogP contribution in [0, 0.1) is 0 Å². The van der Waals surface area contributed by atoms with Crippen molar-refractivity contribution in [1.82, 2.24) is 9.55 Å². The summed E-state index contributed by atoms with van der Waals surface area (Å²) in [6.07, 6.45) is 0. The van der Waals surface area contributed by atoms with Crippen LogP contribution in [0.5, 0.6) is 0 Å². The number of halogens is 1. The highest BCUT2D eigenvalue weighted by Crippen LogP contribution is 2.25. The molecule has 0 aliphatic carbocycles. The second-order valence-corrected chi connectivity index (χ2v) is 8.22. The van der Waals surface area contributed by atoms with Gasteiger partial charge in [-0.05, 0) is 31.2 Å². The Hall–Kier alpha value is -1.96. The first-order valence-electron chi connectivity index (χ1n) is 8.46. The van der Waals surface area contributed by atoms with E-state index in [2.05, 4.69) is 20.9 Å². The summed E-state index contributed by atoms with van der Waals surface area (Å²) in [6, 6.07) is 14.5. The van der Waals surface area contributed by atoms with E-state index in [0.717, 1.165) is 4.47 Å². The molecule has 0 spiro atoms. The normalized spacial score (nSPS) is 12.3. The van der Waals surface area contributed by atoms with E-state index in [4.69, 9.17) is 4.74 Å². The number of ether oxygens (including phenoxy) is 1. The first-order valence-corrected chi connectivity index (χ1v) is 10.1. The Morgan fingerprint density at radius 3 is 2.63 bits per heavy atom. The highest BCUT2D eigenvalue weighted by molar-refractivity contribution is 9.10. The molecule has 7 heteroatoms. The Morgan fingerprint density at radius 2 is 1.93 bits per heavy atom. The third kappa shape index (κ3) is 4.48. The number of fused-ring (bicyclic) bond motifs is 1. The number of hydrogen-bond donors (Lipinski definition) is 0. The minimum absolute atomic E-state index is 0.00630. The fraction of sp³-hybridized carbons (Fsp3) is 0.250. The van der Waals surface area contributed by atoms with Crippen LogP contribution < -0.4 is 5.56 Å². The predicted octanol–water partition coefficient (Wildman–Crippen LogP) is 4.17. The number of methoxy groups -OCH3 is 1. The van der Waals surface area contributed by atoms with Crippen LogP contribution in [-0.2, 0) is 11.3 Å². The molecule has 1 aromatic heterocycles. The van der Waals surface area contributed by atoms with Gasteiger partial charge in [-0.25, -0.2) is 4.98 Å². The predicted molar refractivity (Wildman–Crippen MR) is 112 cm³/mol. The Labute approximate surface area is 169 Å². The minimum Gasteiger partial charge on any atom is -0.383 e. The molecule has 0 saturated heterocycles. The highest BCUT2D eigenvalue weighted by Gasteiger charge is 2.20. The number of aromatic nitrogens is 2. The van der Waals surface area contributed by atoms with Crippen molar-refractivity contribution in [3.8, 4) is 0 Å². The van der Waals surface area contributed by atoms with E-state index in [1.807, 2.05) is 37.3 Å². The first kappa shape index (κ1) is 19.8. The Morgan fingerprint density at radius 1 is 1.22 bits per heavy atom. The minimum atomic E-state index is -0.381. The number of Topliss-reactive ketones (excluding diaryl/α,β-unsaturated/α-hetero) is 1. The molecule has 27 heavy (non-hydrogen) atoms.